The zero-order chi connectivity index (χ0) is 13.1. The van der Waals surface area contributed by atoms with Gasteiger partial charge in [-0.3, -0.25) is 0 Å². The van der Waals surface area contributed by atoms with Gasteiger partial charge in [-0.25, -0.2) is 4.98 Å². The van der Waals surface area contributed by atoms with E-state index in [4.69, 9.17) is 17.3 Å². The Morgan fingerprint density at radius 3 is 3.00 bits per heavy atom. The molecule has 4 nitrogen and oxygen atoms in total. The molecule has 1 saturated heterocycles. The van der Waals surface area contributed by atoms with Crippen molar-refractivity contribution in [3.05, 3.63) is 22.8 Å². The summed E-state index contributed by atoms with van der Waals surface area (Å²) in [6.07, 6.45) is 4.30. The number of halogens is 1. The molecule has 0 amide bonds. The van der Waals surface area contributed by atoms with Gasteiger partial charge in [-0.15, -0.1) is 0 Å². The zero-order valence-electron chi connectivity index (χ0n) is 11.1. The summed E-state index contributed by atoms with van der Waals surface area (Å²) in [7, 11) is 4.22. The van der Waals surface area contributed by atoms with Gasteiger partial charge in [-0.1, -0.05) is 11.6 Å². The van der Waals surface area contributed by atoms with E-state index in [1.807, 2.05) is 13.1 Å². The molecule has 1 fully saturated rings. The molecule has 1 aromatic rings. The Morgan fingerprint density at radius 1 is 1.61 bits per heavy atom. The summed E-state index contributed by atoms with van der Waals surface area (Å²) in [5.74, 6) is 0.833. The molecule has 0 bridgehead atoms. The second kappa shape index (κ2) is 5.87. The number of hydrogen-bond acceptors (Lipinski definition) is 4. The van der Waals surface area contributed by atoms with Crippen LogP contribution in [0.2, 0.25) is 5.02 Å². The number of rotatable bonds is 4. The molecule has 0 aliphatic carbocycles. The highest BCUT2D eigenvalue weighted by Crippen LogP contribution is 2.27. The van der Waals surface area contributed by atoms with E-state index in [2.05, 4.69) is 21.8 Å². The van der Waals surface area contributed by atoms with Crippen molar-refractivity contribution >= 4 is 17.4 Å². The molecule has 2 heterocycles. The van der Waals surface area contributed by atoms with E-state index in [-0.39, 0.29) is 0 Å². The smallest absolute Gasteiger partial charge is 0.147 e. The number of anilines is 1. The van der Waals surface area contributed by atoms with E-state index in [1.165, 1.54) is 19.4 Å². The van der Waals surface area contributed by atoms with E-state index in [0.29, 0.717) is 17.6 Å². The molecule has 0 aromatic carbocycles. The summed E-state index contributed by atoms with van der Waals surface area (Å²) in [5.41, 5.74) is 6.62. The minimum absolute atomic E-state index is 0.450. The van der Waals surface area contributed by atoms with E-state index in [9.17, 15) is 0 Å². The fourth-order valence-electron chi connectivity index (χ4n) is 2.51. The third kappa shape index (κ3) is 2.76. The maximum atomic E-state index is 6.33. The molecule has 1 atom stereocenters. The van der Waals surface area contributed by atoms with Gasteiger partial charge in [0.1, 0.15) is 5.82 Å². The lowest BCUT2D eigenvalue weighted by Crippen LogP contribution is -2.37. The maximum Gasteiger partial charge on any atom is 0.147 e. The number of likely N-dealkylation sites (tertiary alicyclic amines) is 1. The van der Waals surface area contributed by atoms with Crippen LogP contribution in [0, 0.1) is 0 Å². The lowest BCUT2D eigenvalue weighted by Gasteiger charge is -2.27. The van der Waals surface area contributed by atoms with Crippen LogP contribution in [0.4, 0.5) is 5.82 Å². The monoisotopic (exact) mass is 268 g/mol. The Hall–Kier alpha value is -0.840. The van der Waals surface area contributed by atoms with Gasteiger partial charge < -0.3 is 15.5 Å². The van der Waals surface area contributed by atoms with Gasteiger partial charge in [0.05, 0.1) is 5.02 Å². The van der Waals surface area contributed by atoms with Crippen LogP contribution >= 0.6 is 11.6 Å². The van der Waals surface area contributed by atoms with Crippen molar-refractivity contribution in [2.24, 2.45) is 5.73 Å². The van der Waals surface area contributed by atoms with E-state index in [1.54, 1.807) is 6.20 Å². The van der Waals surface area contributed by atoms with Crippen LogP contribution in [-0.2, 0) is 6.54 Å². The number of nitrogens with zero attached hydrogens (tertiary/aromatic N) is 3. The lowest BCUT2D eigenvalue weighted by atomic mass is 10.2. The predicted octanol–water partition coefficient (Wildman–Crippen LogP) is 1.72. The minimum atomic E-state index is 0.450. The summed E-state index contributed by atoms with van der Waals surface area (Å²) in [6, 6.07) is 2.47. The maximum absolute atomic E-state index is 6.33. The first-order chi connectivity index (χ1) is 8.63. The Labute approximate surface area is 114 Å². The Morgan fingerprint density at radius 2 is 2.39 bits per heavy atom. The number of nitrogens with two attached hydrogens (primary N) is 1. The van der Waals surface area contributed by atoms with Gasteiger partial charge >= 0.3 is 0 Å². The highest BCUT2D eigenvalue weighted by molar-refractivity contribution is 6.33. The normalized spacial score (nSPS) is 20.3. The molecule has 0 radical (unpaired) electrons. The van der Waals surface area contributed by atoms with Gasteiger partial charge in [0.25, 0.3) is 0 Å². The molecule has 5 heteroatoms. The number of aromatic nitrogens is 1. The molecule has 2 rings (SSSR count). The quantitative estimate of drug-likeness (QED) is 0.903. The van der Waals surface area contributed by atoms with Crippen molar-refractivity contribution in [1.29, 1.82) is 0 Å². The molecular weight excluding hydrogens is 248 g/mol. The van der Waals surface area contributed by atoms with Crippen molar-refractivity contribution in [2.75, 3.05) is 32.1 Å². The van der Waals surface area contributed by atoms with Gasteiger partial charge in [-0.2, -0.15) is 0 Å². The average Bonchev–Trinajstić information content (AvgIpc) is 2.75. The van der Waals surface area contributed by atoms with Crippen LogP contribution in [0.25, 0.3) is 0 Å². The molecule has 1 aromatic heterocycles. The molecule has 1 aliphatic heterocycles. The van der Waals surface area contributed by atoms with Crippen LogP contribution in [-0.4, -0.2) is 43.1 Å². The third-order valence-electron chi connectivity index (χ3n) is 3.69. The van der Waals surface area contributed by atoms with Crippen LogP contribution in [0.5, 0.6) is 0 Å². The fraction of sp³-hybridized carbons (Fsp3) is 0.615. The van der Waals surface area contributed by atoms with Crippen LogP contribution in [0.15, 0.2) is 12.3 Å². The van der Waals surface area contributed by atoms with Crippen molar-refractivity contribution < 1.29 is 0 Å². The third-order valence-corrected chi connectivity index (χ3v) is 4.10. The highest BCUT2D eigenvalue weighted by Gasteiger charge is 2.23. The van der Waals surface area contributed by atoms with Gasteiger partial charge in [0.15, 0.2) is 0 Å². The van der Waals surface area contributed by atoms with E-state index < -0.39 is 0 Å². The second-order valence-corrected chi connectivity index (χ2v) is 5.35. The van der Waals surface area contributed by atoms with Crippen molar-refractivity contribution in [3.8, 4) is 0 Å². The molecule has 18 heavy (non-hydrogen) atoms. The number of likely N-dealkylation sites (N-methyl/N-ethyl adjacent to an activating group) is 2. The first-order valence-electron chi connectivity index (χ1n) is 6.38. The first kappa shape index (κ1) is 13.6. The van der Waals surface area contributed by atoms with Crippen molar-refractivity contribution in [1.82, 2.24) is 9.88 Å². The van der Waals surface area contributed by atoms with Gasteiger partial charge in [-0.05, 0) is 38.1 Å². The molecule has 0 saturated carbocycles. The fourth-order valence-corrected chi connectivity index (χ4v) is 2.84. The molecular formula is C13H21ClN4. The molecule has 0 spiro atoms. The predicted molar refractivity (Wildman–Crippen MR) is 76.1 cm³/mol. The summed E-state index contributed by atoms with van der Waals surface area (Å²) < 4.78 is 0. The van der Waals surface area contributed by atoms with Crippen LogP contribution < -0.4 is 10.6 Å². The summed E-state index contributed by atoms with van der Waals surface area (Å²) in [6.45, 7) is 2.59. The lowest BCUT2D eigenvalue weighted by molar-refractivity contribution is 0.314. The van der Waals surface area contributed by atoms with Crippen molar-refractivity contribution in [2.45, 2.75) is 25.4 Å². The van der Waals surface area contributed by atoms with Crippen LogP contribution in [0.3, 0.4) is 0 Å². The Balaban J connectivity index is 2.11. The van der Waals surface area contributed by atoms with E-state index in [0.717, 1.165) is 17.9 Å². The molecule has 100 valence electrons. The number of hydrogen-bond donors (Lipinski definition) is 1. The zero-order valence-corrected chi connectivity index (χ0v) is 11.8. The molecule has 1 unspecified atom stereocenters. The topological polar surface area (TPSA) is 45.4 Å². The Kier molecular flexibility index (Phi) is 4.43. The largest absolute Gasteiger partial charge is 0.357 e. The second-order valence-electron chi connectivity index (χ2n) is 4.97. The van der Waals surface area contributed by atoms with Crippen LogP contribution in [0.1, 0.15) is 18.4 Å². The number of pyridine rings is 1. The minimum Gasteiger partial charge on any atom is -0.357 e. The molecule has 1 aliphatic rings. The van der Waals surface area contributed by atoms with Crippen molar-refractivity contribution in [3.63, 3.8) is 0 Å². The Bertz CT molecular complexity index is 410. The standard InChI is InChI=1S/C13H21ClN4/c1-17-7-3-4-11(17)9-18(2)13-12(14)10(8-15)5-6-16-13/h5-6,11H,3-4,7-9,15H2,1-2H3. The average molecular weight is 269 g/mol. The first-order valence-corrected chi connectivity index (χ1v) is 6.76. The SMILES string of the molecule is CN(CC1CCCN1C)c1nccc(CN)c1Cl. The summed E-state index contributed by atoms with van der Waals surface area (Å²) in [5, 5.41) is 0.683. The van der Waals surface area contributed by atoms with E-state index >= 15 is 0 Å². The van der Waals surface area contributed by atoms with Gasteiger partial charge in [0.2, 0.25) is 0 Å². The summed E-state index contributed by atoms with van der Waals surface area (Å²) >= 11 is 6.33. The molecule has 2 N–H and O–H groups in total. The summed E-state index contributed by atoms with van der Waals surface area (Å²) in [4.78, 5) is 8.91. The van der Waals surface area contributed by atoms with Gasteiger partial charge in [0, 0.05) is 32.4 Å². The highest BCUT2D eigenvalue weighted by atomic mass is 35.5.